The summed E-state index contributed by atoms with van der Waals surface area (Å²) >= 11 is 5.73. The molecule has 1 amide bonds. The first kappa shape index (κ1) is 17.6. The maximum Gasteiger partial charge on any atom is 0.303 e. The predicted octanol–water partition coefficient (Wildman–Crippen LogP) is 1.56. The van der Waals surface area contributed by atoms with Crippen molar-refractivity contribution in [2.24, 2.45) is 0 Å². The van der Waals surface area contributed by atoms with Gasteiger partial charge in [0.15, 0.2) is 0 Å². The molecule has 1 N–H and O–H groups in total. The summed E-state index contributed by atoms with van der Waals surface area (Å²) < 4.78 is 41.1. The van der Waals surface area contributed by atoms with Crippen molar-refractivity contribution >= 4 is 39.2 Å². The van der Waals surface area contributed by atoms with Gasteiger partial charge in [0, 0.05) is 18.9 Å². The molecule has 1 atom stereocenters. The molecule has 10 heteroatoms. The molecule has 132 valence electrons. The number of halogens is 2. The largest absolute Gasteiger partial charge is 0.314 e. The van der Waals surface area contributed by atoms with Crippen LogP contribution in [0.1, 0.15) is 0 Å². The third-order valence-corrected chi connectivity index (χ3v) is 5.54. The number of nitrogens with one attached hydrogen (secondary N) is 1. The number of amides is 1. The van der Waals surface area contributed by atoms with Crippen LogP contribution in [0.5, 0.6) is 0 Å². The number of hydrogen-bond acceptors (Lipinski definition) is 4. The van der Waals surface area contributed by atoms with Gasteiger partial charge in [-0.15, -0.1) is 0 Å². The third-order valence-electron chi connectivity index (χ3n) is 3.75. The predicted molar refractivity (Wildman–Crippen MR) is 92.2 cm³/mol. The summed E-state index contributed by atoms with van der Waals surface area (Å²) in [4.78, 5) is 17.8. The summed E-state index contributed by atoms with van der Waals surface area (Å²) in [6.45, 7) is -0.0998. The molecule has 1 aliphatic rings. The average Bonchev–Trinajstić information content (AvgIpc) is 2.92. The van der Waals surface area contributed by atoms with Gasteiger partial charge in [0.25, 0.3) is 0 Å². The van der Waals surface area contributed by atoms with Crippen LogP contribution < -0.4 is 13.9 Å². The van der Waals surface area contributed by atoms with E-state index >= 15 is 0 Å². The molecule has 25 heavy (non-hydrogen) atoms. The second kappa shape index (κ2) is 6.58. The van der Waals surface area contributed by atoms with E-state index in [1.807, 2.05) is 0 Å². The van der Waals surface area contributed by atoms with Gasteiger partial charge in [-0.3, -0.25) is 4.79 Å². The van der Waals surface area contributed by atoms with E-state index in [0.29, 0.717) is 5.69 Å². The minimum absolute atomic E-state index is 0.0998. The molecule has 1 saturated heterocycles. The summed E-state index contributed by atoms with van der Waals surface area (Å²) in [7, 11) is -2.42. The molecule has 0 unspecified atom stereocenters. The number of likely N-dealkylation sites (N-methyl/N-ethyl adjacent to an activating group) is 1. The number of benzene rings is 1. The SMILES string of the molecule is CN(C(=O)[C@@H]1CN(c2ccccn2)S(=O)(=O)N1)c1ccc(F)c(Cl)c1. The van der Waals surface area contributed by atoms with E-state index in [9.17, 15) is 17.6 Å². The summed E-state index contributed by atoms with van der Waals surface area (Å²) in [5.41, 5.74) is 0.354. The second-order valence-corrected chi connectivity index (χ2v) is 7.42. The van der Waals surface area contributed by atoms with Crippen molar-refractivity contribution in [3.63, 3.8) is 0 Å². The fraction of sp³-hybridized carbons (Fsp3) is 0.200. The fourth-order valence-corrected chi connectivity index (χ4v) is 3.98. The molecule has 7 nitrogen and oxygen atoms in total. The first-order valence-corrected chi connectivity index (χ1v) is 9.05. The van der Waals surface area contributed by atoms with E-state index in [1.54, 1.807) is 12.1 Å². The van der Waals surface area contributed by atoms with Gasteiger partial charge in [-0.1, -0.05) is 17.7 Å². The summed E-state index contributed by atoms with van der Waals surface area (Å²) in [6.07, 6.45) is 1.46. The van der Waals surface area contributed by atoms with Gasteiger partial charge in [0.05, 0.1) is 11.6 Å². The van der Waals surface area contributed by atoms with Crippen LogP contribution in [-0.4, -0.2) is 38.9 Å². The number of pyridine rings is 1. The van der Waals surface area contributed by atoms with Crippen molar-refractivity contribution in [2.45, 2.75) is 6.04 Å². The molecule has 0 bridgehead atoms. The number of hydrogen-bond donors (Lipinski definition) is 1. The Morgan fingerprint density at radius 3 is 2.80 bits per heavy atom. The molecule has 1 aliphatic heterocycles. The Morgan fingerprint density at radius 1 is 1.40 bits per heavy atom. The van der Waals surface area contributed by atoms with Gasteiger partial charge in [-0.2, -0.15) is 13.1 Å². The highest BCUT2D eigenvalue weighted by atomic mass is 35.5. The van der Waals surface area contributed by atoms with Crippen molar-refractivity contribution in [1.82, 2.24) is 9.71 Å². The minimum atomic E-state index is -3.88. The monoisotopic (exact) mass is 384 g/mol. The molecular formula is C15H14ClFN4O3S. The quantitative estimate of drug-likeness (QED) is 0.870. The lowest BCUT2D eigenvalue weighted by atomic mass is 10.2. The molecule has 1 aromatic carbocycles. The van der Waals surface area contributed by atoms with E-state index in [2.05, 4.69) is 9.71 Å². The molecule has 2 aromatic rings. The van der Waals surface area contributed by atoms with E-state index in [0.717, 1.165) is 10.4 Å². The van der Waals surface area contributed by atoms with Crippen LogP contribution >= 0.6 is 11.6 Å². The van der Waals surface area contributed by atoms with Gasteiger partial charge < -0.3 is 4.90 Å². The highest BCUT2D eigenvalue weighted by Gasteiger charge is 2.41. The first-order valence-electron chi connectivity index (χ1n) is 7.23. The number of carbonyl (C=O) groups is 1. The fourth-order valence-electron chi connectivity index (χ4n) is 2.45. The highest BCUT2D eigenvalue weighted by Crippen LogP contribution is 2.24. The molecule has 0 saturated carbocycles. The van der Waals surface area contributed by atoms with Gasteiger partial charge in [-0.05, 0) is 30.3 Å². The lowest BCUT2D eigenvalue weighted by molar-refractivity contribution is -0.119. The Morgan fingerprint density at radius 2 is 2.16 bits per heavy atom. The lowest BCUT2D eigenvalue weighted by Gasteiger charge is -2.20. The maximum absolute atomic E-state index is 13.3. The Kier molecular flexibility index (Phi) is 4.63. The number of rotatable bonds is 3. The molecule has 0 spiro atoms. The Hall–Kier alpha value is -2.23. The zero-order chi connectivity index (χ0) is 18.2. The van der Waals surface area contributed by atoms with Crippen molar-refractivity contribution < 1.29 is 17.6 Å². The van der Waals surface area contributed by atoms with E-state index < -0.39 is 28.0 Å². The number of anilines is 2. The van der Waals surface area contributed by atoms with Crippen LogP contribution in [0, 0.1) is 5.82 Å². The summed E-state index contributed by atoms with van der Waals surface area (Å²) in [6, 6.07) is 7.68. The molecule has 3 rings (SSSR count). The standard InChI is InChI=1S/C15H14ClFN4O3S/c1-20(10-5-6-12(17)11(16)8-10)15(22)13-9-21(25(23,24)19-13)14-4-2-3-7-18-14/h2-8,13,19H,9H2,1H3/t13-/m0/s1. The topological polar surface area (TPSA) is 82.6 Å². The summed E-state index contributed by atoms with van der Waals surface area (Å²) in [5, 5.41) is -0.126. The number of nitrogens with zero attached hydrogens (tertiary/aromatic N) is 3. The van der Waals surface area contributed by atoms with Crippen molar-refractivity contribution in [1.29, 1.82) is 0 Å². The first-order chi connectivity index (χ1) is 11.8. The zero-order valence-electron chi connectivity index (χ0n) is 13.1. The van der Waals surface area contributed by atoms with Gasteiger partial charge in [-0.25, -0.2) is 13.7 Å². The smallest absolute Gasteiger partial charge is 0.303 e. The molecule has 1 aromatic heterocycles. The minimum Gasteiger partial charge on any atom is -0.314 e. The average molecular weight is 385 g/mol. The van der Waals surface area contributed by atoms with Crippen LogP contribution in [0.4, 0.5) is 15.9 Å². The normalized spacial score (nSPS) is 19.0. The van der Waals surface area contributed by atoms with Crippen molar-refractivity contribution in [3.05, 3.63) is 53.4 Å². The molecule has 2 heterocycles. The van der Waals surface area contributed by atoms with E-state index in [1.165, 1.54) is 36.3 Å². The molecule has 0 aliphatic carbocycles. The van der Waals surface area contributed by atoms with Crippen LogP contribution in [-0.2, 0) is 15.0 Å². The van der Waals surface area contributed by atoms with Crippen LogP contribution in [0.3, 0.4) is 0 Å². The van der Waals surface area contributed by atoms with Crippen molar-refractivity contribution in [2.75, 3.05) is 22.8 Å². The Labute approximate surface area is 149 Å². The van der Waals surface area contributed by atoms with Crippen LogP contribution in [0.2, 0.25) is 5.02 Å². The summed E-state index contributed by atoms with van der Waals surface area (Å²) in [5.74, 6) is -0.878. The maximum atomic E-state index is 13.3. The highest BCUT2D eigenvalue weighted by molar-refractivity contribution is 7.91. The van der Waals surface area contributed by atoms with Crippen LogP contribution in [0.15, 0.2) is 42.6 Å². The zero-order valence-corrected chi connectivity index (χ0v) is 14.6. The number of aromatic nitrogens is 1. The van der Waals surface area contributed by atoms with E-state index in [-0.39, 0.29) is 17.4 Å². The second-order valence-electron chi connectivity index (χ2n) is 5.39. The van der Waals surface area contributed by atoms with E-state index in [4.69, 9.17) is 11.6 Å². The molecule has 1 fully saturated rings. The van der Waals surface area contributed by atoms with Gasteiger partial charge in [0.1, 0.15) is 17.7 Å². The molecule has 0 radical (unpaired) electrons. The Balaban J connectivity index is 1.82. The Bertz CT molecular complexity index is 910. The molecular weight excluding hydrogens is 371 g/mol. The number of carbonyl (C=O) groups excluding carboxylic acids is 1. The third kappa shape index (κ3) is 3.44. The van der Waals surface area contributed by atoms with Gasteiger partial charge in [0.2, 0.25) is 5.91 Å². The van der Waals surface area contributed by atoms with Gasteiger partial charge >= 0.3 is 10.2 Å². The van der Waals surface area contributed by atoms with Crippen molar-refractivity contribution in [3.8, 4) is 0 Å². The lowest BCUT2D eigenvalue weighted by Crippen LogP contribution is -2.44. The van der Waals surface area contributed by atoms with Crippen LogP contribution in [0.25, 0.3) is 0 Å².